The van der Waals surface area contributed by atoms with Crippen molar-refractivity contribution in [3.8, 4) is 0 Å². The van der Waals surface area contributed by atoms with Crippen molar-refractivity contribution in [2.45, 2.75) is 25.8 Å². The molecule has 80 valence electrons. The van der Waals surface area contributed by atoms with E-state index in [1.54, 1.807) is 0 Å². The summed E-state index contributed by atoms with van der Waals surface area (Å²) in [7, 11) is -4.70. The molecular formula is C5H10ClF2NO3S. The van der Waals surface area contributed by atoms with E-state index in [1.807, 2.05) is 0 Å². The van der Waals surface area contributed by atoms with Crippen molar-refractivity contribution in [3.63, 3.8) is 0 Å². The van der Waals surface area contributed by atoms with Crippen molar-refractivity contribution in [2.75, 3.05) is 6.00 Å². The minimum absolute atomic E-state index is 0.0371. The second kappa shape index (κ2) is 5.04. The standard InChI is InChI=1S/C5H10ClF2NO3S/c1-4(7)2-5(8)9(3-6)13(10,11)12/h4-5H,2-3H2,1H3,(H,10,11,12). The van der Waals surface area contributed by atoms with E-state index in [9.17, 15) is 17.2 Å². The number of hydrogen-bond acceptors (Lipinski definition) is 2. The Hall–Kier alpha value is 0.0200. The highest BCUT2D eigenvalue weighted by Gasteiger charge is 2.28. The first-order valence-electron chi connectivity index (χ1n) is 3.37. The Morgan fingerprint density at radius 1 is 1.54 bits per heavy atom. The molecule has 0 heterocycles. The van der Waals surface area contributed by atoms with Crippen molar-refractivity contribution in [1.29, 1.82) is 0 Å². The lowest BCUT2D eigenvalue weighted by Gasteiger charge is -2.19. The maximum absolute atomic E-state index is 12.9. The van der Waals surface area contributed by atoms with Crippen LogP contribution in [0.3, 0.4) is 0 Å². The van der Waals surface area contributed by atoms with Crippen LogP contribution in [0.15, 0.2) is 0 Å². The van der Waals surface area contributed by atoms with E-state index in [1.165, 1.54) is 0 Å². The molecule has 13 heavy (non-hydrogen) atoms. The summed E-state index contributed by atoms with van der Waals surface area (Å²) in [5.41, 5.74) is 0. The second-order valence-corrected chi connectivity index (χ2v) is 4.04. The van der Waals surface area contributed by atoms with Crippen molar-refractivity contribution >= 4 is 21.9 Å². The predicted octanol–water partition coefficient (Wildman–Crippen LogP) is 1.33. The van der Waals surface area contributed by atoms with E-state index < -0.39 is 35.2 Å². The lowest BCUT2D eigenvalue weighted by molar-refractivity contribution is 0.127. The first kappa shape index (κ1) is 13.0. The maximum Gasteiger partial charge on any atom is 0.339 e. The average molecular weight is 238 g/mol. The van der Waals surface area contributed by atoms with E-state index in [4.69, 9.17) is 16.2 Å². The maximum atomic E-state index is 12.9. The minimum Gasteiger partial charge on any atom is -0.273 e. The molecule has 1 N–H and O–H groups in total. The molecule has 0 aliphatic rings. The lowest BCUT2D eigenvalue weighted by Crippen LogP contribution is -2.37. The number of rotatable bonds is 5. The van der Waals surface area contributed by atoms with Gasteiger partial charge in [0.15, 0.2) is 6.30 Å². The third kappa shape index (κ3) is 4.70. The minimum atomic E-state index is -4.70. The van der Waals surface area contributed by atoms with Crippen LogP contribution in [0.2, 0.25) is 0 Å². The largest absolute Gasteiger partial charge is 0.339 e. The van der Waals surface area contributed by atoms with Gasteiger partial charge in [-0.3, -0.25) is 4.55 Å². The predicted molar refractivity (Wildman–Crippen MR) is 44.2 cm³/mol. The van der Waals surface area contributed by atoms with Gasteiger partial charge in [-0.25, -0.2) is 8.78 Å². The van der Waals surface area contributed by atoms with Crippen molar-refractivity contribution < 1.29 is 21.8 Å². The highest BCUT2D eigenvalue weighted by molar-refractivity contribution is 7.83. The van der Waals surface area contributed by atoms with Crippen LogP contribution in [-0.4, -0.2) is 35.7 Å². The zero-order chi connectivity index (χ0) is 10.6. The van der Waals surface area contributed by atoms with Gasteiger partial charge in [-0.05, 0) is 6.92 Å². The first-order valence-corrected chi connectivity index (χ1v) is 5.30. The molecule has 0 aromatic rings. The molecular weight excluding hydrogens is 228 g/mol. The third-order valence-electron chi connectivity index (χ3n) is 1.25. The van der Waals surface area contributed by atoms with Crippen LogP contribution in [0.4, 0.5) is 8.78 Å². The van der Waals surface area contributed by atoms with Gasteiger partial charge in [0.1, 0.15) is 6.17 Å². The van der Waals surface area contributed by atoms with E-state index in [0.29, 0.717) is 0 Å². The van der Waals surface area contributed by atoms with Gasteiger partial charge < -0.3 is 0 Å². The second-order valence-electron chi connectivity index (χ2n) is 2.44. The zero-order valence-corrected chi connectivity index (χ0v) is 8.39. The Morgan fingerprint density at radius 2 is 2.00 bits per heavy atom. The summed E-state index contributed by atoms with van der Waals surface area (Å²) in [6, 6.07) is -0.757. The Labute approximate surface area is 80.4 Å². The monoisotopic (exact) mass is 237 g/mol. The van der Waals surface area contributed by atoms with Gasteiger partial charge in [-0.2, -0.15) is 8.42 Å². The smallest absolute Gasteiger partial charge is 0.273 e. The summed E-state index contributed by atoms with van der Waals surface area (Å²) in [6.45, 7) is 1.07. The fraction of sp³-hybridized carbons (Fsp3) is 1.00. The lowest BCUT2D eigenvalue weighted by atomic mass is 10.3. The van der Waals surface area contributed by atoms with E-state index >= 15 is 0 Å². The molecule has 0 bridgehead atoms. The third-order valence-corrected chi connectivity index (χ3v) is 2.60. The molecule has 0 aliphatic carbocycles. The molecule has 0 saturated carbocycles. The van der Waals surface area contributed by atoms with Crippen LogP contribution in [0.5, 0.6) is 0 Å². The normalized spacial score (nSPS) is 17.4. The number of halogens is 3. The molecule has 0 rings (SSSR count). The summed E-state index contributed by atoms with van der Waals surface area (Å²) in [5, 5.41) is 0. The van der Waals surface area contributed by atoms with Crippen LogP contribution in [-0.2, 0) is 10.3 Å². The van der Waals surface area contributed by atoms with Crippen molar-refractivity contribution in [2.24, 2.45) is 0 Å². The molecule has 0 fully saturated rings. The molecule has 2 atom stereocenters. The summed E-state index contributed by atoms with van der Waals surface area (Å²) in [5.74, 6) is 0. The average Bonchev–Trinajstić information content (AvgIpc) is 1.82. The summed E-state index contributed by atoms with van der Waals surface area (Å²) >= 11 is 5.05. The Kier molecular flexibility index (Phi) is 5.05. The molecule has 0 aliphatic heterocycles. The SMILES string of the molecule is CC(F)CC(F)N(CCl)S(=O)(=O)O. The van der Waals surface area contributed by atoms with E-state index in [-0.39, 0.29) is 4.31 Å². The van der Waals surface area contributed by atoms with Crippen LogP contribution in [0.1, 0.15) is 13.3 Å². The summed E-state index contributed by atoms with van der Waals surface area (Å²) in [6.07, 6.45) is -4.32. The van der Waals surface area contributed by atoms with Gasteiger partial charge in [0.2, 0.25) is 0 Å². The molecule has 0 aromatic carbocycles. The highest BCUT2D eigenvalue weighted by Crippen LogP contribution is 2.14. The van der Waals surface area contributed by atoms with Gasteiger partial charge in [0.05, 0.1) is 6.00 Å². The molecule has 0 amide bonds. The highest BCUT2D eigenvalue weighted by atomic mass is 35.5. The van der Waals surface area contributed by atoms with Crippen molar-refractivity contribution in [3.05, 3.63) is 0 Å². The molecule has 0 radical (unpaired) electrons. The Bertz CT molecular complexity index is 246. The van der Waals surface area contributed by atoms with Gasteiger partial charge in [-0.1, -0.05) is 0 Å². The number of nitrogens with zero attached hydrogens (tertiary/aromatic N) is 1. The molecule has 0 aromatic heterocycles. The van der Waals surface area contributed by atoms with Gasteiger partial charge in [0.25, 0.3) is 0 Å². The van der Waals surface area contributed by atoms with Gasteiger partial charge in [-0.15, -0.1) is 15.9 Å². The quantitative estimate of drug-likeness (QED) is 0.446. The zero-order valence-electron chi connectivity index (χ0n) is 6.82. The summed E-state index contributed by atoms with van der Waals surface area (Å²) < 4.78 is 54.3. The van der Waals surface area contributed by atoms with E-state index in [2.05, 4.69) is 0 Å². The molecule has 8 heteroatoms. The number of hydrogen-bond donors (Lipinski definition) is 1. The topological polar surface area (TPSA) is 57.6 Å². The van der Waals surface area contributed by atoms with E-state index in [0.717, 1.165) is 6.92 Å². The van der Waals surface area contributed by atoms with Crippen LogP contribution in [0.25, 0.3) is 0 Å². The summed E-state index contributed by atoms with van der Waals surface area (Å²) in [4.78, 5) is 0. The van der Waals surface area contributed by atoms with Crippen LogP contribution in [0, 0.1) is 0 Å². The molecule has 0 spiro atoms. The fourth-order valence-electron chi connectivity index (χ4n) is 0.667. The Balaban J connectivity index is 4.42. The molecule has 0 saturated heterocycles. The van der Waals surface area contributed by atoms with Crippen LogP contribution >= 0.6 is 11.6 Å². The number of alkyl halides is 3. The molecule has 2 unspecified atom stereocenters. The Morgan fingerprint density at radius 3 is 2.23 bits per heavy atom. The first-order chi connectivity index (χ1) is 5.79. The van der Waals surface area contributed by atoms with Gasteiger partial charge in [0, 0.05) is 6.42 Å². The van der Waals surface area contributed by atoms with Gasteiger partial charge >= 0.3 is 10.3 Å². The fourth-order valence-corrected chi connectivity index (χ4v) is 1.68. The van der Waals surface area contributed by atoms with Crippen LogP contribution < -0.4 is 0 Å². The molecule has 4 nitrogen and oxygen atoms in total. The van der Waals surface area contributed by atoms with Crippen molar-refractivity contribution in [1.82, 2.24) is 4.31 Å².